The lowest BCUT2D eigenvalue weighted by Crippen LogP contribution is -2.36. The van der Waals surface area contributed by atoms with Crippen molar-refractivity contribution < 1.29 is 4.79 Å². The molecule has 1 aliphatic rings. The predicted octanol–water partition coefficient (Wildman–Crippen LogP) is -0.711. The molecule has 0 saturated carbocycles. The second-order valence-corrected chi connectivity index (χ2v) is 2.15. The number of nitrogens with zero attached hydrogens (tertiary/aromatic N) is 5. The zero-order valence-electron chi connectivity index (χ0n) is 6.02. The van der Waals surface area contributed by atoms with Crippen LogP contribution >= 0.6 is 11.6 Å². The zero-order chi connectivity index (χ0) is 9.84. The number of nitrogens with one attached hydrogen (secondary N) is 1. The molecule has 0 spiro atoms. The molecule has 0 saturated heterocycles. The largest absolute Gasteiger partial charge is 0.275 e. The van der Waals surface area contributed by atoms with Gasteiger partial charge in [0.05, 0.1) is 0 Å². The summed E-state index contributed by atoms with van der Waals surface area (Å²) in [5.41, 5.74) is 1.48. The maximum absolute atomic E-state index is 10.7. The number of rotatable bonds is 1. The van der Waals surface area contributed by atoms with Crippen molar-refractivity contribution in [1.29, 1.82) is 10.5 Å². The number of hydrazine groups is 1. The Morgan fingerprint density at radius 2 is 2.31 bits per heavy atom. The minimum Gasteiger partial charge on any atom is -0.274 e. The van der Waals surface area contributed by atoms with Crippen LogP contribution in [0.25, 0.3) is 0 Å². The van der Waals surface area contributed by atoms with Gasteiger partial charge in [-0.1, -0.05) is 5.12 Å². The van der Waals surface area contributed by atoms with Gasteiger partial charge in [0.25, 0.3) is 5.24 Å². The number of carbonyl (C=O) groups is 1. The van der Waals surface area contributed by atoms with E-state index in [2.05, 4.69) is 15.7 Å². The van der Waals surface area contributed by atoms with Crippen molar-refractivity contribution in [3.8, 4) is 12.3 Å². The van der Waals surface area contributed by atoms with Crippen LogP contribution in [0.5, 0.6) is 0 Å². The van der Waals surface area contributed by atoms with Crippen molar-refractivity contribution in [2.45, 2.75) is 0 Å². The fraction of sp³-hybridized carbons (Fsp3) is 0. The predicted molar refractivity (Wildman–Crippen MR) is 41.9 cm³/mol. The Bertz CT molecular complexity index is 385. The molecule has 1 aliphatic heterocycles. The molecule has 0 amide bonds. The highest BCUT2D eigenvalue weighted by atomic mass is 35.5. The van der Waals surface area contributed by atoms with E-state index in [1.807, 2.05) is 0 Å². The van der Waals surface area contributed by atoms with Crippen LogP contribution in [0, 0.1) is 22.8 Å². The van der Waals surface area contributed by atoms with Crippen molar-refractivity contribution in [2.75, 3.05) is 0 Å². The van der Waals surface area contributed by atoms with Crippen molar-refractivity contribution >= 4 is 28.3 Å². The quantitative estimate of drug-likeness (QED) is 0.441. The molecule has 1 N–H and O–H groups in total. The summed E-state index contributed by atoms with van der Waals surface area (Å²) in [6.45, 7) is 0. The van der Waals surface area contributed by atoms with Crippen LogP contribution < -0.4 is 5.53 Å². The SMILES string of the molecule is N#CC1=NNN(C#N)N=C1C(=O)Cl. The van der Waals surface area contributed by atoms with Crippen molar-refractivity contribution in [1.82, 2.24) is 10.7 Å². The van der Waals surface area contributed by atoms with Crippen LogP contribution in [0.1, 0.15) is 0 Å². The van der Waals surface area contributed by atoms with Gasteiger partial charge in [0.1, 0.15) is 6.07 Å². The smallest absolute Gasteiger partial charge is 0.274 e. The lowest BCUT2D eigenvalue weighted by atomic mass is 10.3. The standard InChI is InChI=1S/C5HClN6O/c6-5(13)4-3(1-7)9-11-12(2-8)10-4/h11H. The summed E-state index contributed by atoms with van der Waals surface area (Å²) in [5.74, 6) is 0. The second kappa shape index (κ2) is 3.52. The van der Waals surface area contributed by atoms with Gasteiger partial charge in [-0.05, 0) is 11.6 Å². The maximum atomic E-state index is 10.7. The highest BCUT2D eigenvalue weighted by Gasteiger charge is 2.21. The number of hydrogen-bond acceptors (Lipinski definition) is 7. The van der Waals surface area contributed by atoms with Crippen molar-refractivity contribution in [2.24, 2.45) is 10.2 Å². The average molecular weight is 197 g/mol. The van der Waals surface area contributed by atoms with E-state index in [4.69, 9.17) is 22.1 Å². The first-order chi connectivity index (χ1) is 6.19. The third-order valence-electron chi connectivity index (χ3n) is 1.07. The van der Waals surface area contributed by atoms with Crippen LogP contribution in [0.2, 0.25) is 0 Å². The van der Waals surface area contributed by atoms with Gasteiger partial charge in [0.15, 0.2) is 11.4 Å². The Morgan fingerprint density at radius 3 is 2.77 bits per heavy atom. The summed E-state index contributed by atoms with van der Waals surface area (Å²) in [5, 5.41) is 23.2. The maximum Gasteiger partial charge on any atom is 0.275 e. The van der Waals surface area contributed by atoms with Crippen molar-refractivity contribution in [3.63, 3.8) is 0 Å². The Morgan fingerprint density at radius 1 is 1.62 bits per heavy atom. The van der Waals surface area contributed by atoms with E-state index in [-0.39, 0.29) is 11.4 Å². The average Bonchev–Trinajstić information content (AvgIpc) is 2.16. The number of hydrazone groups is 2. The van der Waals surface area contributed by atoms with Gasteiger partial charge in [0, 0.05) is 0 Å². The first kappa shape index (κ1) is 8.97. The lowest BCUT2D eigenvalue weighted by Gasteiger charge is -2.13. The van der Waals surface area contributed by atoms with Crippen LogP contribution in [0.15, 0.2) is 10.2 Å². The molecule has 8 heteroatoms. The summed E-state index contributed by atoms with van der Waals surface area (Å²) >= 11 is 5.09. The van der Waals surface area contributed by atoms with E-state index in [1.54, 1.807) is 12.3 Å². The number of nitriles is 2. The van der Waals surface area contributed by atoms with E-state index >= 15 is 0 Å². The molecule has 0 aliphatic carbocycles. The Labute approximate surface area is 77.5 Å². The highest BCUT2D eigenvalue weighted by Crippen LogP contribution is 1.98. The first-order valence-electron chi connectivity index (χ1n) is 2.91. The van der Waals surface area contributed by atoms with Crippen LogP contribution in [0.4, 0.5) is 0 Å². The van der Waals surface area contributed by atoms with Gasteiger partial charge in [0.2, 0.25) is 6.19 Å². The summed E-state index contributed by atoms with van der Waals surface area (Å²) in [7, 11) is 0. The van der Waals surface area contributed by atoms with Crippen molar-refractivity contribution in [3.05, 3.63) is 0 Å². The third-order valence-corrected chi connectivity index (χ3v) is 1.25. The molecule has 7 nitrogen and oxygen atoms in total. The summed E-state index contributed by atoms with van der Waals surface area (Å²) < 4.78 is 0. The molecular weight excluding hydrogens is 196 g/mol. The van der Waals surface area contributed by atoms with E-state index in [1.165, 1.54) is 0 Å². The van der Waals surface area contributed by atoms with Gasteiger partial charge in [-0.25, -0.2) is 0 Å². The fourth-order valence-electron chi connectivity index (χ4n) is 0.575. The van der Waals surface area contributed by atoms with Gasteiger partial charge < -0.3 is 0 Å². The molecule has 0 unspecified atom stereocenters. The molecule has 0 radical (unpaired) electrons. The molecule has 0 aromatic rings. The third kappa shape index (κ3) is 1.72. The van der Waals surface area contributed by atoms with E-state index < -0.39 is 5.24 Å². The van der Waals surface area contributed by atoms with Crippen LogP contribution in [0.3, 0.4) is 0 Å². The minimum atomic E-state index is -0.943. The fourth-order valence-corrected chi connectivity index (χ4v) is 0.702. The van der Waals surface area contributed by atoms with E-state index in [0.717, 1.165) is 0 Å². The van der Waals surface area contributed by atoms with E-state index in [9.17, 15) is 4.79 Å². The molecule has 0 atom stereocenters. The Kier molecular flexibility index (Phi) is 2.43. The Hall–Kier alpha value is -2.12. The molecule has 1 rings (SSSR count). The molecule has 13 heavy (non-hydrogen) atoms. The lowest BCUT2D eigenvalue weighted by molar-refractivity contribution is -0.106. The van der Waals surface area contributed by atoms with Gasteiger partial charge in [-0.3, -0.25) is 4.79 Å². The summed E-state index contributed by atoms with van der Waals surface area (Å²) in [6.07, 6.45) is 1.54. The van der Waals surface area contributed by atoms with Gasteiger partial charge in [-0.2, -0.15) is 16.1 Å². The summed E-state index contributed by atoms with van der Waals surface area (Å²) in [6, 6.07) is 1.60. The Balaban J connectivity index is 3.05. The summed E-state index contributed by atoms with van der Waals surface area (Å²) in [4.78, 5) is 10.7. The van der Waals surface area contributed by atoms with Crippen LogP contribution in [-0.4, -0.2) is 21.8 Å². The minimum absolute atomic E-state index is 0.258. The molecular formula is C5HClN6O. The topological polar surface area (TPSA) is 105 Å². The monoisotopic (exact) mass is 196 g/mol. The molecule has 0 aromatic carbocycles. The molecule has 64 valence electrons. The number of carbonyl (C=O) groups excluding carboxylic acids is 1. The van der Waals surface area contributed by atoms with Crippen LogP contribution in [-0.2, 0) is 4.79 Å². The van der Waals surface area contributed by atoms with Gasteiger partial charge >= 0.3 is 0 Å². The normalized spacial score (nSPS) is 14.5. The zero-order valence-corrected chi connectivity index (χ0v) is 6.78. The molecule has 0 fully saturated rings. The number of hydrogen-bond donors (Lipinski definition) is 1. The number of halogens is 1. The molecule has 0 aromatic heterocycles. The molecule has 0 bridgehead atoms. The second-order valence-electron chi connectivity index (χ2n) is 1.81. The molecule has 1 heterocycles. The first-order valence-corrected chi connectivity index (χ1v) is 3.29. The van der Waals surface area contributed by atoms with Gasteiger partial charge in [-0.15, -0.1) is 10.2 Å². The highest BCUT2D eigenvalue weighted by molar-refractivity contribution is 6.92. The van der Waals surface area contributed by atoms with E-state index in [0.29, 0.717) is 5.12 Å².